The van der Waals surface area contributed by atoms with E-state index < -0.39 is 38.5 Å². The molecule has 0 radical (unpaired) electrons. The van der Waals surface area contributed by atoms with Crippen molar-refractivity contribution in [3.05, 3.63) is 95.6 Å². The molecule has 268 valence electrons. The van der Waals surface area contributed by atoms with Crippen LogP contribution in [-0.4, -0.2) is 47.6 Å². The summed E-state index contributed by atoms with van der Waals surface area (Å²) in [6.07, 6.45) is 11.6. The normalized spacial score (nSPS) is 16.2. The number of nitrogens with zero attached hydrogens (tertiary/aromatic N) is 1. The van der Waals surface area contributed by atoms with Crippen molar-refractivity contribution in [2.45, 2.75) is 132 Å². The highest BCUT2D eigenvalue weighted by Gasteiger charge is 2.41. The first-order valence-electron chi connectivity index (χ1n) is 17.8. The number of aryl methyl sites for hydroxylation is 2. The predicted octanol–water partition coefficient (Wildman–Crippen LogP) is 9.09. The van der Waals surface area contributed by atoms with E-state index in [0.717, 1.165) is 36.0 Å². The summed E-state index contributed by atoms with van der Waals surface area (Å²) in [5.41, 5.74) is 2.54. The molecule has 3 atom stereocenters. The summed E-state index contributed by atoms with van der Waals surface area (Å²) in [4.78, 5) is 4.69. The smallest absolute Gasteiger partial charge is 0.297 e. The summed E-state index contributed by atoms with van der Waals surface area (Å²) in [6.45, 7) is 5.98. The van der Waals surface area contributed by atoms with Crippen LogP contribution in [0, 0.1) is 13.8 Å². The highest BCUT2D eigenvalue weighted by atomic mass is 32.2. The van der Waals surface area contributed by atoms with Gasteiger partial charge in [0.25, 0.3) is 20.2 Å². The lowest BCUT2D eigenvalue weighted by Crippen LogP contribution is -2.43. The van der Waals surface area contributed by atoms with Gasteiger partial charge in [-0.25, -0.2) is 4.99 Å². The fraction of sp³-hybridized carbons (Fsp3) is 0.513. The van der Waals surface area contributed by atoms with Crippen LogP contribution < -0.4 is 0 Å². The molecular formula is C39H53NO7S2. The summed E-state index contributed by atoms with van der Waals surface area (Å²) >= 11 is 0. The lowest BCUT2D eigenvalue weighted by Gasteiger charge is -2.29. The number of aliphatic imine (C=N–C) groups is 1. The Morgan fingerprint density at radius 2 is 1.12 bits per heavy atom. The number of unbranched alkanes of at least 4 members (excludes halogenated alkanes) is 11. The minimum Gasteiger partial charge on any atom is -0.475 e. The number of hydrogen-bond donors (Lipinski definition) is 0. The lowest BCUT2D eigenvalue weighted by atomic mass is 10.00. The van der Waals surface area contributed by atoms with E-state index in [0.29, 0.717) is 12.3 Å². The van der Waals surface area contributed by atoms with Crippen LogP contribution in [0.25, 0.3) is 0 Å². The number of hydrogen-bond acceptors (Lipinski definition) is 8. The van der Waals surface area contributed by atoms with Crippen LogP contribution in [0.1, 0.15) is 107 Å². The van der Waals surface area contributed by atoms with Gasteiger partial charge in [0.05, 0.1) is 9.79 Å². The molecule has 1 heterocycles. The van der Waals surface area contributed by atoms with Gasteiger partial charge in [-0.3, -0.25) is 8.37 Å². The predicted molar refractivity (Wildman–Crippen MR) is 195 cm³/mol. The van der Waals surface area contributed by atoms with E-state index in [1.807, 2.05) is 44.2 Å². The summed E-state index contributed by atoms with van der Waals surface area (Å²) in [6, 6.07) is 21.2. The third-order valence-corrected chi connectivity index (χ3v) is 11.6. The molecule has 3 aromatic rings. The Morgan fingerprint density at radius 3 is 1.63 bits per heavy atom. The van der Waals surface area contributed by atoms with Crippen molar-refractivity contribution in [1.82, 2.24) is 0 Å². The molecule has 0 bridgehead atoms. The first-order valence-corrected chi connectivity index (χ1v) is 20.7. The van der Waals surface area contributed by atoms with Gasteiger partial charge in [-0.05, 0) is 56.7 Å². The molecule has 49 heavy (non-hydrogen) atoms. The molecule has 0 spiro atoms. The minimum atomic E-state index is -4.32. The summed E-state index contributed by atoms with van der Waals surface area (Å²) < 4.78 is 72.5. The van der Waals surface area contributed by atoms with E-state index in [1.54, 1.807) is 24.3 Å². The van der Waals surface area contributed by atoms with Gasteiger partial charge in [-0.2, -0.15) is 16.8 Å². The standard InChI is InChI=1S/C39H53NO7S2/c1-4-5-6-7-8-9-10-11-12-13-14-18-21-37(46-48(41,42)34-26-22-31(2)23-27-34)38(47-49(43,44)35-28-24-32(3)25-29-35)36-30-45-39(40-36)33-19-16-15-17-20-33/h15-17,19-20,22-29,36-38H,4-14,18,21,30H2,1-3H3/t36-,37+,38-/m0/s1. The maximum atomic E-state index is 13.7. The Labute approximate surface area is 294 Å². The van der Waals surface area contributed by atoms with Crippen LogP contribution in [0.15, 0.2) is 93.6 Å². The van der Waals surface area contributed by atoms with Gasteiger partial charge in [0.1, 0.15) is 24.9 Å². The van der Waals surface area contributed by atoms with Crippen molar-refractivity contribution in [3.8, 4) is 0 Å². The van der Waals surface area contributed by atoms with Crippen LogP contribution >= 0.6 is 0 Å². The van der Waals surface area contributed by atoms with E-state index in [9.17, 15) is 16.8 Å². The molecule has 10 heteroatoms. The zero-order chi connectivity index (χ0) is 35.1. The number of benzene rings is 3. The van der Waals surface area contributed by atoms with Gasteiger partial charge in [-0.1, -0.05) is 138 Å². The maximum Gasteiger partial charge on any atom is 0.297 e. The molecule has 1 aliphatic heterocycles. The van der Waals surface area contributed by atoms with Crippen molar-refractivity contribution in [3.63, 3.8) is 0 Å². The number of rotatable bonds is 22. The van der Waals surface area contributed by atoms with Crippen LogP contribution in [0.5, 0.6) is 0 Å². The Balaban J connectivity index is 1.54. The van der Waals surface area contributed by atoms with Crippen molar-refractivity contribution >= 4 is 26.1 Å². The molecule has 4 rings (SSSR count). The van der Waals surface area contributed by atoms with Crippen molar-refractivity contribution < 1.29 is 29.9 Å². The van der Waals surface area contributed by atoms with Crippen LogP contribution in [0.4, 0.5) is 0 Å². The molecule has 1 aliphatic rings. The molecule has 8 nitrogen and oxygen atoms in total. The van der Waals surface area contributed by atoms with Crippen molar-refractivity contribution in [2.24, 2.45) is 4.99 Å². The van der Waals surface area contributed by atoms with E-state index in [2.05, 4.69) is 6.92 Å². The molecule has 3 aromatic carbocycles. The van der Waals surface area contributed by atoms with Gasteiger partial charge in [0.2, 0.25) is 5.90 Å². The van der Waals surface area contributed by atoms with Gasteiger partial charge < -0.3 is 4.74 Å². The molecule has 0 saturated carbocycles. The Hall–Kier alpha value is -3.05. The topological polar surface area (TPSA) is 108 Å². The molecule has 0 amide bonds. The fourth-order valence-electron chi connectivity index (χ4n) is 5.95. The first kappa shape index (κ1) is 38.7. The summed E-state index contributed by atoms with van der Waals surface area (Å²) in [5.74, 6) is 0.345. The van der Waals surface area contributed by atoms with Crippen LogP contribution in [-0.2, 0) is 33.3 Å². The van der Waals surface area contributed by atoms with Gasteiger partial charge >= 0.3 is 0 Å². The molecular weight excluding hydrogens is 659 g/mol. The van der Waals surface area contributed by atoms with E-state index in [1.165, 1.54) is 75.6 Å². The molecule has 0 aromatic heterocycles. The quantitative estimate of drug-likeness (QED) is 0.0756. The largest absolute Gasteiger partial charge is 0.475 e. The summed E-state index contributed by atoms with van der Waals surface area (Å²) in [7, 11) is -8.59. The van der Waals surface area contributed by atoms with Crippen LogP contribution in [0.2, 0.25) is 0 Å². The van der Waals surface area contributed by atoms with E-state index in [4.69, 9.17) is 18.1 Å². The van der Waals surface area contributed by atoms with Crippen molar-refractivity contribution in [1.29, 1.82) is 0 Å². The van der Waals surface area contributed by atoms with Gasteiger partial charge in [-0.15, -0.1) is 0 Å². The third kappa shape index (κ3) is 12.3. The Bertz CT molecular complexity index is 1660. The fourth-order valence-corrected chi connectivity index (χ4v) is 8.19. The zero-order valence-electron chi connectivity index (χ0n) is 29.3. The second-order valence-electron chi connectivity index (χ2n) is 13.1. The minimum absolute atomic E-state index is 0.00548. The maximum absolute atomic E-state index is 13.7. The Kier molecular flexibility index (Phi) is 15.3. The molecule has 0 saturated heterocycles. The lowest BCUT2D eigenvalue weighted by molar-refractivity contribution is 0.0338. The monoisotopic (exact) mass is 711 g/mol. The van der Waals surface area contributed by atoms with Crippen LogP contribution in [0.3, 0.4) is 0 Å². The molecule has 0 fully saturated rings. The van der Waals surface area contributed by atoms with Gasteiger partial charge in [0, 0.05) is 5.56 Å². The van der Waals surface area contributed by atoms with Crippen molar-refractivity contribution in [2.75, 3.05) is 6.61 Å². The van der Waals surface area contributed by atoms with E-state index >= 15 is 0 Å². The molecule has 0 unspecified atom stereocenters. The van der Waals surface area contributed by atoms with E-state index in [-0.39, 0.29) is 22.8 Å². The second-order valence-corrected chi connectivity index (χ2v) is 16.2. The average Bonchev–Trinajstić information content (AvgIpc) is 3.58. The highest BCUT2D eigenvalue weighted by molar-refractivity contribution is 7.87. The molecule has 0 N–H and O–H groups in total. The van der Waals surface area contributed by atoms with Gasteiger partial charge in [0.15, 0.2) is 0 Å². The Morgan fingerprint density at radius 1 is 0.653 bits per heavy atom. The highest BCUT2D eigenvalue weighted by Crippen LogP contribution is 2.29. The average molecular weight is 712 g/mol. The third-order valence-electron chi connectivity index (χ3n) is 8.89. The number of ether oxygens (including phenoxy) is 1. The molecule has 0 aliphatic carbocycles. The zero-order valence-corrected chi connectivity index (χ0v) is 30.9. The summed E-state index contributed by atoms with van der Waals surface area (Å²) in [5, 5.41) is 0. The SMILES string of the molecule is CCCCCCCCCCCCCC[C@@H](OS(=O)(=O)c1ccc(C)cc1)[C@@H](OS(=O)(=O)c1ccc(C)cc1)[C@@H]1COC(c2ccccc2)=N1. The first-order chi connectivity index (χ1) is 23.6. The second kappa shape index (κ2) is 19.4.